The summed E-state index contributed by atoms with van der Waals surface area (Å²) in [5.74, 6) is -0.953. The minimum absolute atomic E-state index is 0.0454. The van der Waals surface area contributed by atoms with Crippen molar-refractivity contribution in [2.75, 3.05) is 0 Å². The molecular weight excluding hydrogens is 439 g/mol. The van der Waals surface area contributed by atoms with Crippen LogP contribution in [0.3, 0.4) is 0 Å². The van der Waals surface area contributed by atoms with Crippen LogP contribution >= 0.6 is 0 Å². The summed E-state index contributed by atoms with van der Waals surface area (Å²) in [6.07, 6.45) is -2.13. The highest BCUT2D eigenvalue weighted by molar-refractivity contribution is 5.95. The van der Waals surface area contributed by atoms with Gasteiger partial charge < -0.3 is 15.1 Å². The van der Waals surface area contributed by atoms with Crippen LogP contribution in [0.25, 0.3) is 5.65 Å². The summed E-state index contributed by atoms with van der Waals surface area (Å²) in [7, 11) is 0. The lowest BCUT2D eigenvalue weighted by Crippen LogP contribution is -2.47. The quantitative estimate of drug-likeness (QED) is 0.444. The molecule has 4 rings (SSSR count). The molecule has 33 heavy (non-hydrogen) atoms. The van der Waals surface area contributed by atoms with E-state index in [4.69, 9.17) is 4.42 Å². The molecule has 0 aliphatic rings. The Morgan fingerprint density at radius 3 is 2.52 bits per heavy atom. The maximum Gasteiger partial charge on any atom is 0.417 e. The first kappa shape index (κ1) is 22.1. The molecule has 170 valence electrons. The van der Waals surface area contributed by atoms with E-state index in [0.29, 0.717) is 0 Å². The molecule has 1 atom stereocenters. The third-order valence-corrected chi connectivity index (χ3v) is 4.87. The van der Waals surface area contributed by atoms with Gasteiger partial charge >= 0.3 is 6.18 Å². The zero-order chi connectivity index (χ0) is 23.4. The fourth-order valence-corrected chi connectivity index (χ4v) is 3.21. The van der Waals surface area contributed by atoms with E-state index < -0.39 is 29.6 Å². The predicted molar refractivity (Wildman–Crippen MR) is 110 cm³/mol. The van der Waals surface area contributed by atoms with Crippen molar-refractivity contribution < 1.29 is 27.2 Å². The fourth-order valence-electron chi connectivity index (χ4n) is 3.21. The summed E-state index contributed by atoms with van der Waals surface area (Å²) in [6.45, 7) is -0.191. The van der Waals surface area contributed by atoms with Crippen LogP contribution in [-0.2, 0) is 23.9 Å². The van der Waals surface area contributed by atoms with Crippen LogP contribution in [0.5, 0.6) is 0 Å². The van der Waals surface area contributed by atoms with Crippen LogP contribution in [-0.4, -0.2) is 32.5 Å². The summed E-state index contributed by atoms with van der Waals surface area (Å²) >= 11 is 0. The number of alkyl halides is 3. The van der Waals surface area contributed by atoms with Crippen LogP contribution < -0.4 is 10.6 Å². The van der Waals surface area contributed by atoms with Gasteiger partial charge in [0.15, 0.2) is 17.2 Å². The summed E-state index contributed by atoms with van der Waals surface area (Å²) in [4.78, 5) is 25.3. The first-order chi connectivity index (χ1) is 15.8. The van der Waals surface area contributed by atoms with Gasteiger partial charge in [-0.2, -0.15) is 13.2 Å². The second kappa shape index (κ2) is 9.15. The number of carbonyl (C=O) groups is 2. The third kappa shape index (κ3) is 5.20. The molecule has 11 heteroatoms. The van der Waals surface area contributed by atoms with Crippen LogP contribution in [0, 0.1) is 0 Å². The molecule has 4 aromatic rings. The number of benzene rings is 1. The Labute approximate surface area is 185 Å². The predicted octanol–water partition coefficient (Wildman–Crippen LogP) is 3.00. The Morgan fingerprint density at radius 2 is 1.82 bits per heavy atom. The maximum atomic E-state index is 13.0. The summed E-state index contributed by atoms with van der Waals surface area (Å²) < 4.78 is 45.4. The lowest BCUT2D eigenvalue weighted by Gasteiger charge is -2.18. The van der Waals surface area contributed by atoms with Crippen molar-refractivity contribution in [1.29, 1.82) is 0 Å². The highest BCUT2D eigenvalue weighted by Gasteiger charge is 2.31. The molecule has 0 saturated carbocycles. The first-order valence-corrected chi connectivity index (χ1v) is 9.88. The number of furan rings is 1. The molecule has 0 aliphatic heterocycles. The smallest absolute Gasteiger partial charge is 0.417 e. The van der Waals surface area contributed by atoms with Gasteiger partial charge in [-0.15, -0.1) is 10.2 Å². The molecule has 0 fully saturated rings. The molecule has 3 aromatic heterocycles. The molecule has 3 heterocycles. The molecule has 2 amide bonds. The van der Waals surface area contributed by atoms with Crippen LogP contribution in [0.2, 0.25) is 0 Å². The molecule has 0 unspecified atom stereocenters. The van der Waals surface area contributed by atoms with Crippen molar-refractivity contribution in [3.8, 4) is 0 Å². The van der Waals surface area contributed by atoms with E-state index in [1.165, 1.54) is 18.4 Å². The number of hydrogen-bond acceptors (Lipinski definition) is 5. The summed E-state index contributed by atoms with van der Waals surface area (Å²) in [6, 6.07) is 13.2. The van der Waals surface area contributed by atoms with Gasteiger partial charge in [-0.3, -0.25) is 14.0 Å². The number of pyridine rings is 1. The number of halogens is 3. The van der Waals surface area contributed by atoms with Gasteiger partial charge in [-0.05, 0) is 29.8 Å². The second-order valence-corrected chi connectivity index (χ2v) is 7.17. The van der Waals surface area contributed by atoms with E-state index >= 15 is 0 Å². The van der Waals surface area contributed by atoms with Crippen LogP contribution in [0.4, 0.5) is 13.2 Å². The van der Waals surface area contributed by atoms with Crippen LogP contribution in [0.15, 0.2) is 71.5 Å². The van der Waals surface area contributed by atoms with E-state index in [1.807, 2.05) is 18.2 Å². The minimum atomic E-state index is -4.53. The standard InChI is InChI=1S/C22H18F3N5O3/c23-22(24,25)15-8-9-18-28-29-19(30(18)13-15)12-26-20(31)16(11-14-5-2-1-3-6-14)27-21(32)17-7-4-10-33-17/h1-10,13,16H,11-12H2,(H,26,31)(H,27,32)/t16-/m1/s1. The number of nitrogens with one attached hydrogen (secondary N) is 2. The molecule has 1 aromatic carbocycles. The number of nitrogens with zero attached hydrogens (tertiary/aromatic N) is 3. The minimum Gasteiger partial charge on any atom is -0.459 e. The average molecular weight is 457 g/mol. The second-order valence-electron chi connectivity index (χ2n) is 7.17. The Kier molecular flexibility index (Phi) is 6.11. The number of fused-ring (bicyclic) bond motifs is 1. The Bertz CT molecular complexity index is 1250. The Balaban J connectivity index is 1.51. The normalized spacial score (nSPS) is 12.5. The molecule has 8 nitrogen and oxygen atoms in total. The van der Waals surface area contributed by atoms with Crippen LogP contribution in [0.1, 0.15) is 27.5 Å². The number of amides is 2. The van der Waals surface area contributed by atoms with Crippen molar-refractivity contribution in [3.05, 3.63) is 89.8 Å². The monoisotopic (exact) mass is 457 g/mol. The van der Waals surface area contributed by atoms with Crippen molar-refractivity contribution >= 4 is 17.5 Å². The highest BCUT2D eigenvalue weighted by Crippen LogP contribution is 2.29. The number of rotatable bonds is 7. The third-order valence-electron chi connectivity index (χ3n) is 4.87. The highest BCUT2D eigenvalue weighted by atomic mass is 19.4. The molecule has 0 saturated heterocycles. The van der Waals surface area contributed by atoms with E-state index in [1.54, 1.807) is 18.2 Å². The van der Waals surface area contributed by atoms with E-state index in [-0.39, 0.29) is 30.2 Å². The van der Waals surface area contributed by atoms with Crippen molar-refractivity contribution in [2.45, 2.75) is 25.2 Å². The summed E-state index contributed by atoms with van der Waals surface area (Å²) in [5, 5.41) is 12.9. The Morgan fingerprint density at radius 1 is 1.03 bits per heavy atom. The van der Waals surface area contributed by atoms with Gasteiger partial charge in [0, 0.05) is 12.6 Å². The zero-order valence-corrected chi connectivity index (χ0v) is 17.0. The number of aromatic nitrogens is 3. The molecule has 0 bridgehead atoms. The average Bonchev–Trinajstić information content (AvgIpc) is 3.47. The van der Waals surface area contributed by atoms with E-state index in [0.717, 1.165) is 22.2 Å². The van der Waals surface area contributed by atoms with Crippen molar-refractivity contribution in [3.63, 3.8) is 0 Å². The fraction of sp³-hybridized carbons (Fsp3) is 0.182. The van der Waals surface area contributed by atoms with E-state index in [2.05, 4.69) is 20.8 Å². The van der Waals surface area contributed by atoms with Crippen molar-refractivity contribution in [1.82, 2.24) is 25.2 Å². The SMILES string of the molecule is O=C(N[C@H](Cc1ccccc1)C(=O)NCc1nnc2ccc(C(F)(F)F)cn12)c1ccco1. The van der Waals surface area contributed by atoms with Gasteiger partial charge in [0.05, 0.1) is 18.4 Å². The molecule has 0 spiro atoms. The first-order valence-electron chi connectivity index (χ1n) is 9.88. The largest absolute Gasteiger partial charge is 0.459 e. The van der Waals surface area contributed by atoms with Gasteiger partial charge in [0.25, 0.3) is 5.91 Å². The molecular formula is C22H18F3N5O3. The van der Waals surface area contributed by atoms with Gasteiger partial charge in [-0.25, -0.2) is 0 Å². The Hall–Kier alpha value is -4.15. The zero-order valence-electron chi connectivity index (χ0n) is 17.0. The van der Waals surface area contributed by atoms with Crippen molar-refractivity contribution in [2.24, 2.45) is 0 Å². The molecule has 0 aliphatic carbocycles. The lowest BCUT2D eigenvalue weighted by molar-refractivity contribution is -0.137. The summed E-state index contributed by atoms with van der Waals surface area (Å²) in [5.41, 5.74) is 0.148. The topological polar surface area (TPSA) is 102 Å². The van der Waals surface area contributed by atoms with Gasteiger partial charge in [0.1, 0.15) is 6.04 Å². The van der Waals surface area contributed by atoms with E-state index in [9.17, 15) is 22.8 Å². The number of hydrogen-bond donors (Lipinski definition) is 2. The van der Waals surface area contributed by atoms with Gasteiger partial charge in [0.2, 0.25) is 5.91 Å². The van der Waals surface area contributed by atoms with Gasteiger partial charge in [-0.1, -0.05) is 30.3 Å². The molecule has 2 N–H and O–H groups in total. The maximum absolute atomic E-state index is 13.0. The number of carbonyl (C=O) groups excluding carboxylic acids is 2. The lowest BCUT2D eigenvalue weighted by atomic mass is 10.1. The molecule has 0 radical (unpaired) electrons.